The molecule has 1 aliphatic heterocycles. The number of amides is 2. The first-order valence-electron chi connectivity index (χ1n) is 8.90. The van der Waals surface area contributed by atoms with Crippen LogP contribution in [0.25, 0.3) is 0 Å². The Balaban J connectivity index is 1.56. The molecule has 0 aliphatic carbocycles. The SMILES string of the molecule is Cc1cccc(CCNC(=O)[C@@H]2CCC(=O)N2Cc2ccc(F)cc2)c1. The van der Waals surface area contributed by atoms with Gasteiger partial charge < -0.3 is 10.2 Å². The Hall–Kier alpha value is -2.69. The molecule has 1 fully saturated rings. The van der Waals surface area contributed by atoms with E-state index >= 15 is 0 Å². The number of nitrogens with one attached hydrogen (secondary N) is 1. The Morgan fingerprint density at radius 3 is 2.69 bits per heavy atom. The molecule has 1 aliphatic rings. The highest BCUT2D eigenvalue weighted by Crippen LogP contribution is 2.22. The van der Waals surface area contributed by atoms with Crippen LogP contribution >= 0.6 is 0 Å². The van der Waals surface area contributed by atoms with Crippen LogP contribution in [0.5, 0.6) is 0 Å². The zero-order valence-electron chi connectivity index (χ0n) is 14.9. The average Bonchev–Trinajstić information content (AvgIpc) is 2.98. The molecule has 0 aromatic heterocycles. The third-order valence-corrected chi connectivity index (χ3v) is 4.69. The molecule has 26 heavy (non-hydrogen) atoms. The van der Waals surface area contributed by atoms with Gasteiger partial charge in [-0.25, -0.2) is 4.39 Å². The highest BCUT2D eigenvalue weighted by atomic mass is 19.1. The number of carbonyl (C=O) groups excluding carboxylic acids is 2. The third-order valence-electron chi connectivity index (χ3n) is 4.69. The zero-order valence-corrected chi connectivity index (χ0v) is 14.9. The van der Waals surface area contributed by atoms with Crippen molar-refractivity contribution in [3.63, 3.8) is 0 Å². The van der Waals surface area contributed by atoms with Crippen molar-refractivity contribution in [3.8, 4) is 0 Å². The number of aryl methyl sites for hydroxylation is 1. The van der Waals surface area contributed by atoms with Crippen LogP contribution in [0.15, 0.2) is 48.5 Å². The number of hydrogen-bond donors (Lipinski definition) is 1. The standard InChI is InChI=1S/C21H23FN2O2/c1-15-3-2-4-16(13-15)11-12-23-21(26)19-9-10-20(25)24(19)14-17-5-7-18(22)8-6-17/h2-8,13,19H,9-12,14H2,1H3,(H,23,26)/t19-/m0/s1. The second-order valence-corrected chi connectivity index (χ2v) is 6.73. The second-order valence-electron chi connectivity index (χ2n) is 6.73. The minimum Gasteiger partial charge on any atom is -0.354 e. The van der Waals surface area contributed by atoms with Gasteiger partial charge in [0.1, 0.15) is 11.9 Å². The number of rotatable bonds is 6. The molecule has 0 bridgehead atoms. The smallest absolute Gasteiger partial charge is 0.242 e. The first kappa shape index (κ1) is 18.1. The molecule has 0 saturated carbocycles. The number of benzene rings is 2. The van der Waals surface area contributed by atoms with Crippen LogP contribution in [0.4, 0.5) is 4.39 Å². The number of halogens is 1. The normalized spacial score (nSPS) is 16.8. The van der Waals surface area contributed by atoms with Crippen LogP contribution in [0.1, 0.15) is 29.5 Å². The fourth-order valence-corrected chi connectivity index (χ4v) is 3.31. The van der Waals surface area contributed by atoms with Crippen molar-refractivity contribution in [1.82, 2.24) is 10.2 Å². The van der Waals surface area contributed by atoms with Crippen LogP contribution in [-0.2, 0) is 22.6 Å². The lowest BCUT2D eigenvalue weighted by Crippen LogP contribution is -2.44. The monoisotopic (exact) mass is 354 g/mol. The van der Waals surface area contributed by atoms with Gasteiger partial charge in [-0.1, -0.05) is 42.0 Å². The summed E-state index contributed by atoms with van der Waals surface area (Å²) in [7, 11) is 0. The maximum atomic E-state index is 13.0. The van der Waals surface area contributed by atoms with E-state index in [4.69, 9.17) is 0 Å². The lowest BCUT2D eigenvalue weighted by Gasteiger charge is -2.24. The largest absolute Gasteiger partial charge is 0.354 e. The molecule has 136 valence electrons. The molecule has 1 atom stereocenters. The fraction of sp³-hybridized carbons (Fsp3) is 0.333. The topological polar surface area (TPSA) is 49.4 Å². The number of nitrogens with zero attached hydrogens (tertiary/aromatic N) is 1. The predicted octanol–water partition coefficient (Wildman–Crippen LogP) is 2.98. The maximum Gasteiger partial charge on any atom is 0.242 e. The van der Waals surface area contributed by atoms with Gasteiger partial charge >= 0.3 is 0 Å². The van der Waals surface area contributed by atoms with Crippen molar-refractivity contribution in [2.45, 2.75) is 38.8 Å². The lowest BCUT2D eigenvalue weighted by molar-refractivity contribution is -0.135. The van der Waals surface area contributed by atoms with Gasteiger partial charge in [0.25, 0.3) is 0 Å². The molecule has 0 spiro atoms. The van der Waals surface area contributed by atoms with Crippen molar-refractivity contribution in [3.05, 3.63) is 71.0 Å². The van der Waals surface area contributed by atoms with Crippen molar-refractivity contribution in [2.24, 2.45) is 0 Å². The van der Waals surface area contributed by atoms with E-state index in [1.165, 1.54) is 23.3 Å². The summed E-state index contributed by atoms with van der Waals surface area (Å²) in [6, 6.07) is 13.8. The van der Waals surface area contributed by atoms with Gasteiger partial charge in [0, 0.05) is 19.5 Å². The van der Waals surface area contributed by atoms with Crippen molar-refractivity contribution >= 4 is 11.8 Å². The van der Waals surface area contributed by atoms with E-state index in [2.05, 4.69) is 11.4 Å². The first-order valence-corrected chi connectivity index (χ1v) is 8.90. The predicted molar refractivity (Wildman–Crippen MR) is 97.9 cm³/mol. The van der Waals surface area contributed by atoms with Gasteiger partial charge in [-0.05, 0) is 43.0 Å². The molecule has 2 aromatic rings. The summed E-state index contributed by atoms with van der Waals surface area (Å²) in [4.78, 5) is 26.3. The summed E-state index contributed by atoms with van der Waals surface area (Å²) in [5.74, 6) is -0.467. The molecule has 1 saturated heterocycles. The molecular weight excluding hydrogens is 331 g/mol. The summed E-state index contributed by atoms with van der Waals surface area (Å²) in [5, 5.41) is 2.95. The summed E-state index contributed by atoms with van der Waals surface area (Å²) in [6.45, 7) is 2.91. The van der Waals surface area contributed by atoms with Crippen LogP contribution in [0.3, 0.4) is 0 Å². The van der Waals surface area contributed by atoms with E-state index in [0.717, 1.165) is 12.0 Å². The minimum absolute atomic E-state index is 0.0341. The van der Waals surface area contributed by atoms with Gasteiger partial charge in [0.05, 0.1) is 0 Å². The summed E-state index contributed by atoms with van der Waals surface area (Å²) in [6.07, 6.45) is 1.65. The number of hydrogen-bond acceptors (Lipinski definition) is 2. The molecule has 4 nitrogen and oxygen atoms in total. The number of carbonyl (C=O) groups is 2. The molecule has 0 unspecified atom stereocenters. The molecular formula is C21H23FN2O2. The molecule has 1 heterocycles. The molecule has 0 radical (unpaired) electrons. The second kappa shape index (κ2) is 8.13. The van der Waals surface area contributed by atoms with Gasteiger partial charge in [-0.15, -0.1) is 0 Å². The van der Waals surface area contributed by atoms with E-state index in [0.29, 0.717) is 25.9 Å². The average molecular weight is 354 g/mol. The van der Waals surface area contributed by atoms with Crippen LogP contribution in [0, 0.1) is 12.7 Å². The Morgan fingerprint density at radius 2 is 1.96 bits per heavy atom. The molecule has 2 amide bonds. The Labute approximate surface area is 153 Å². The lowest BCUT2D eigenvalue weighted by atomic mass is 10.1. The molecule has 5 heteroatoms. The maximum absolute atomic E-state index is 13.0. The van der Waals surface area contributed by atoms with Gasteiger partial charge in [0.2, 0.25) is 11.8 Å². The van der Waals surface area contributed by atoms with Crippen molar-refractivity contribution in [1.29, 1.82) is 0 Å². The van der Waals surface area contributed by atoms with E-state index < -0.39 is 6.04 Å². The van der Waals surface area contributed by atoms with Crippen LogP contribution in [0.2, 0.25) is 0 Å². The van der Waals surface area contributed by atoms with Crippen LogP contribution in [-0.4, -0.2) is 29.3 Å². The third kappa shape index (κ3) is 4.48. The Bertz CT molecular complexity index is 789. The van der Waals surface area contributed by atoms with E-state index in [1.807, 2.05) is 25.1 Å². The number of likely N-dealkylation sites (tertiary alicyclic amines) is 1. The molecule has 2 aromatic carbocycles. The van der Waals surface area contributed by atoms with Gasteiger partial charge in [-0.3, -0.25) is 9.59 Å². The van der Waals surface area contributed by atoms with Crippen molar-refractivity contribution < 1.29 is 14.0 Å². The Morgan fingerprint density at radius 1 is 1.19 bits per heavy atom. The van der Waals surface area contributed by atoms with Crippen LogP contribution < -0.4 is 5.32 Å². The highest BCUT2D eigenvalue weighted by molar-refractivity contribution is 5.90. The van der Waals surface area contributed by atoms with E-state index in [9.17, 15) is 14.0 Å². The summed E-state index contributed by atoms with van der Waals surface area (Å²) >= 11 is 0. The molecule has 1 N–H and O–H groups in total. The van der Waals surface area contributed by atoms with Gasteiger partial charge in [0.15, 0.2) is 0 Å². The van der Waals surface area contributed by atoms with Crippen molar-refractivity contribution in [2.75, 3.05) is 6.54 Å². The highest BCUT2D eigenvalue weighted by Gasteiger charge is 2.35. The van der Waals surface area contributed by atoms with E-state index in [-0.39, 0.29) is 17.6 Å². The summed E-state index contributed by atoms with van der Waals surface area (Å²) < 4.78 is 13.0. The Kier molecular flexibility index (Phi) is 5.66. The van der Waals surface area contributed by atoms with E-state index in [1.54, 1.807) is 17.0 Å². The molecule has 3 rings (SSSR count). The summed E-state index contributed by atoms with van der Waals surface area (Å²) in [5.41, 5.74) is 3.19. The zero-order chi connectivity index (χ0) is 18.5. The minimum atomic E-state index is -0.454. The quantitative estimate of drug-likeness (QED) is 0.867. The first-order chi connectivity index (χ1) is 12.5. The fourth-order valence-electron chi connectivity index (χ4n) is 3.31. The van der Waals surface area contributed by atoms with Gasteiger partial charge in [-0.2, -0.15) is 0 Å².